The van der Waals surface area contributed by atoms with Gasteiger partial charge < -0.3 is 9.84 Å². The molecule has 2 atom stereocenters. The van der Waals surface area contributed by atoms with E-state index in [-0.39, 0.29) is 12.1 Å². The van der Waals surface area contributed by atoms with Crippen molar-refractivity contribution < 1.29 is 14.6 Å². The molecule has 2 unspecified atom stereocenters. The number of benzene rings is 1. The number of carbonyl (C=O) groups is 1. The highest BCUT2D eigenvalue weighted by atomic mass is 16.5. The lowest BCUT2D eigenvalue weighted by molar-refractivity contribution is -0.143. The maximum atomic E-state index is 11.4. The first kappa shape index (κ1) is 14.9. The lowest BCUT2D eigenvalue weighted by atomic mass is 10.0. The summed E-state index contributed by atoms with van der Waals surface area (Å²) in [4.78, 5) is 13.5. The van der Waals surface area contributed by atoms with Crippen LogP contribution >= 0.6 is 0 Å². The van der Waals surface area contributed by atoms with Crippen molar-refractivity contribution in [3.63, 3.8) is 0 Å². The van der Waals surface area contributed by atoms with Gasteiger partial charge in [-0.15, -0.1) is 0 Å². The molecular formula is C16H23NO3. The molecule has 1 aromatic carbocycles. The van der Waals surface area contributed by atoms with Crippen LogP contribution in [0.5, 0.6) is 5.75 Å². The summed E-state index contributed by atoms with van der Waals surface area (Å²) in [7, 11) is 0. The molecule has 20 heavy (non-hydrogen) atoms. The van der Waals surface area contributed by atoms with Gasteiger partial charge in [-0.1, -0.05) is 19.1 Å². The van der Waals surface area contributed by atoms with Crippen LogP contribution in [0.2, 0.25) is 0 Å². The van der Waals surface area contributed by atoms with Gasteiger partial charge in [-0.3, -0.25) is 9.69 Å². The van der Waals surface area contributed by atoms with Gasteiger partial charge in [0.15, 0.2) is 0 Å². The van der Waals surface area contributed by atoms with Crippen LogP contribution in [0.25, 0.3) is 0 Å². The summed E-state index contributed by atoms with van der Waals surface area (Å²) in [5.74, 6) is 0.149. The summed E-state index contributed by atoms with van der Waals surface area (Å²) in [5, 5.41) is 9.35. The summed E-state index contributed by atoms with van der Waals surface area (Å²) in [5.41, 5.74) is 1.15. The topological polar surface area (TPSA) is 49.8 Å². The monoisotopic (exact) mass is 277 g/mol. The lowest BCUT2D eigenvalue weighted by Crippen LogP contribution is -2.38. The van der Waals surface area contributed by atoms with Crippen molar-refractivity contribution >= 4 is 5.97 Å². The smallest absolute Gasteiger partial charge is 0.320 e. The van der Waals surface area contributed by atoms with Crippen molar-refractivity contribution in [3.05, 3.63) is 29.8 Å². The van der Waals surface area contributed by atoms with Crippen molar-refractivity contribution in [2.75, 3.05) is 13.2 Å². The Morgan fingerprint density at radius 3 is 2.95 bits per heavy atom. The van der Waals surface area contributed by atoms with E-state index in [0.29, 0.717) is 6.61 Å². The normalized spacial score (nSPS) is 20.8. The summed E-state index contributed by atoms with van der Waals surface area (Å²) in [6.07, 6.45) is 2.61. The molecule has 0 aromatic heterocycles. The fourth-order valence-electron chi connectivity index (χ4n) is 3.07. The van der Waals surface area contributed by atoms with E-state index in [1.54, 1.807) is 0 Å². The number of likely N-dealkylation sites (tertiary alicyclic amines) is 1. The molecule has 0 amide bonds. The van der Waals surface area contributed by atoms with Gasteiger partial charge in [-0.25, -0.2) is 0 Å². The van der Waals surface area contributed by atoms with Gasteiger partial charge in [0.2, 0.25) is 0 Å². The molecular weight excluding hydrogens is 254 g/mol. The van der Waals surface area contributed by atoms with Crippen molar-refractivity contribution in [1.29, 1.82) is 0 Å². The fraction of sp³-hybridized carbons (Fsp3) is 0.562. The van der Waals surface area contributed by atoms with Crippen LogP contribution in [0.4, 0.5) is 0 Å². The molecule has 4 heteroatoms. The number of carboxylic acid groups (broad SMARTS) is 1. The second-order valence-corrected chi connectivity index (χ2v) is 5.16. The first-order valence-corrected chi connectivity index (χ1v) is 7.38. The first-order chi connectivity index (χ1) is 9.67. The minimum atomic E-state index is -0.707. The number of aliphatic carboxylic acids is 1. The number of hydrogen-bond acceptors (Lipinski definition) is 3. The number of ether oxygens (including phenoxy) is 1. The van der Waals surface area contributed by atoms with E-state index in [2.05, 4.69) is 17.9 Å². The van der Waals surface area contributed by atoms with Gasteiger partial charge in [0, 0.05) is 6.04 Å². The van der Waals surface area contributed by atoms with Gasteiger partial charge in [0.05, 0.1) is 6.61 Å². The van der Waals surface area contributed by atoms with E-state index in [1.807, 2.05) is 25.1 Å². The maximum absolute atomic E-state index is 11.4. The molecule has 110 valence electrons. The number of carboxylic acids is 1. The Morgan fingerprint density at radius 1 is 1.50 bits per heavy atom. The SMILES string of the molecule is CCOc1cccc(C(CC)N2CCCC2C(=O)O)c1. The molecule has 1 fully saturated rings. The number of rotatable bonds is 6. The second-order valence-electron chi connectivity index (χ2n) is 5.16. The minimum Gasteiger partial charge on any atom is -0.494 e. The van der Waals surface area contributed by atoms with Crippen LogP contribution in [0.3, 0.4) is 0 Å². The van der Waals surface area contributed by atoms with Gasteiger partial charge in [0.1, 0.15) is 11.8 Å². The molecule has 0 saturated carbocycles. The zero-order valence-corrected chi connectivity index (χ0v) is 12.2. The van der Waals surface area contributed by atoms with Crippen LogP contribution < -0.4 is 4.74 Å². The molecule has 0 bridgehead atoms. The zero-order valence-electron chi connectivity index (χ0n) is 12.2. The molecule has 1 heterocycles. The highest BCUT2D eigenvalue weighted by Crippen LogP contribution is 2.33. The van der Waals surface area contributed by atoms with E-state index in [0.717, 1.165) is 37.1 Å². The second kappa shape index (κ2) is 6.75. The van der Waals surface area contributed by atoms with E-state index < -0.39 is 5.97 Å². The summed E-state index contributed by atoms with van der Waals surface area (Å²) in [6.45, 7) is 5.57. The van der Waals surface area contributed by atoms with Crippen molar-refractivity contribution in [2.24, 2.45) is 0 Å². The van der Waals surface area contributed by atoms with Gasteiger partial charge in [-0.2, -0.15) is 0 Å². The van der Waals surface area contributed by atoms with Crippen molar-refractivity contribution in [2.45, 2.75) is 45.2 Å². The highest BCUT2D eigenvalue weighted by Gasteiger charge is 2.35. The zero-order chi connectivity index (χ0) is 14.5. The Hall–Kier alpha value is -1.55. The first-order valence-electron chi connectivity index (χ1n) is 7.38. The molecule has 0 radical (unpaired) electrons. The maximum Gasteiger partial charge on any atom is 0.320 e. The molecule has 1 saturated heterocycles. The molecule has 4 nitrogen and oxygen atoms in total. The van der Waals surface area contributed by atoms with Crippen LogP contribution in [0, 0.1) is 0 Å². The summed E-state index contributed by atoms with van der Waals surface area (Å²) in [6, 6.07) is 7.82. The predicted molar refractivity (Wildman–Crippen MR) is 78.0 cm³/mol. The number of nitrogens with zero attached hydrogens (tertiary/aromatic N) is 1. The highest BCUT2D eigenvalue weighted by molar-refractivity contribution is 5.73. The third kappa shape index (κ3) is 3.12. The Balaban J connectivity index is 2.23. The van der Waals surface area contributed by atoms with Crippen molar-refractivity contribution in [1.82, 2.24) is 4.90 Å². The standard InChI is InChI=1S/C16H23NO3/c1-3-14(17-10-6-9-15(17)16(18)19)12-7-5-8-13(11-12)20-4-2/h5,7-8,11,14-15H,3-4,6,9-10H2,1-2H3,(H,18,19). The lowest BCUT2D eigenvalue weighted by Gasteiger charge is -2.31. The molecule has 1 aliphatic rings. The summed E-state index contributed by atoms with van der Waals surface area (Å²) < 4.78 is 5.54. The predicted octanol–water partition coefficient (Wildman–Crippen LogP) is 3.09. The molecule has 2 rings (SSSR count). The minimum absolute atomic E-state index is 0.152. The van der Waals surface area contributed by atoms with Crippen LogP contribution in [0.15, 0.2) is 24.3 Å². The van der Waals surface area contributed by atoms with Crippen LogP contribution in [-0.4, -0.2) is 35.2 Å². The van der Waals surface area contributed by atoms with E-state index in [4.69, 9.17) is 4.74 Å². The molecule has 1 aliphatic heterocycles. The van der Waals surface area contributed by atoms with Gasteiger partial charge in [0.25, 0.3) is 0 Å². The number of hydrogen-bond donors (Lipinski definition) is 1. The van der Waals surface area contributed by atoms with Crippen LogP contribution in [0.1, 0.15) is 44.7 Å². The third-order valence-corrected chi connectivity index (χ3v) is 3.92. The Bertz CT molecular complexity index is 461. The largest absolute Gasteiger partial charge is 0.494 e. The van der Waals surface area contributed by atoms with Gasteiger partial charge >= 0.3 is 5.97 Å². The average Bonchev–Trinajstić information content (AvgIpc) is 2.90. The van der Waals surface area contributed by atoms with E-state index in [9.17, 15) is 9.90 Å². The Labute approximate surface area is 120 Å². The van der Waals surface area contributed by atoms with Crippen molar-refractivity contribution in [3.8, 4) is 5.75 Å². The molecule has 1 aromatic rings. The Morgan fingerprint density at radius 2 is 2.30 bits per heavy atom. The van der Waals surface area contributed by atoms with E-state index >= 15 is 0 Å². The molecule has 1 N–H and O–H groups in total. The van der Waals surface area contributed by atoms with E-state index in [1.165, 1.54) is 0 Å². The molecule has 0 aliphatic carbocycles. The fourth-order valence-corrected chi connectivity index (χ4v) is 3.07. The molecule has 0 spiro atoms. The van der Waals surface area contributed by atoms with Crippen LogP contribution in [-0.2, 0) is 4.79 Å². The Kier molecular flexibility index (Phi) is 5.01. The summed E-state index contributed by atoms with van der Waals surface area (Å²) >= 11 is 0. The van der Waals surface area contributed by atoms with Gasteiger partial charge in [-0.05, 0) is 50.4 Å². The third-order valence-electron chi connectivity index (χ3n) is 3.92. The quantitative estimate of drug-likeness (QED) is 0.868. The average molecular weight is 277 g/mol.